The predicted octanol–water partition coefficient (Wildman–Crippen LogP) is 1.81. The molecule has 142 valence electrons. The van der Waals surface area contributed by atoms with Crippen LogP contribution in [0.1, 0.15) is 50.8 Å². The van der Waals surface area contributed by atoms with Gasteiger partial charge in [-0.1, -0.05) is 26.8 Å². The molecule has 0 aromatic heterocycles. The quantitative estimate of drug-likeness (QED) is 0.642. The van der Waals surface area contributed by atoms with E-state index in [-0.39, 0.29) is 18.2 Å². The van der Waals surface area contributed by atoms with E-state index in [2.05, 4.69) is 10.6 Å². The summed E-state index contributed by atoms with van der Waals surface area (Å²) in [6, 6.07) is 4.07. The van der Waals surface area contributed by atoms with E-state index in [0.29, 0.717) is 25.1 Å². The average molecular weight is 362 g/mol. The molecule has 1 atom stereocenters. The van der Waals surface area contributed by atoms with Crippen molar-refractivity contribution in [2.45, 2.75) is 46.1 Å². The number of benzene rings is 1. The van der Waals surface area contributed by atoms with Gasteiger partial charge in [-0.3, -0.25) is 9.59 Å². The van der Waals surface area contributed by atoms with Crippen LogP contribution in [0.15, 0.2) is 18.2 Å². The van der Waals surface area contributed by atoms with Crippen molar-refractivity contribution >= 4 is 17.8 Å². The van der Waals surface area contributed by atoms with E-state index < -0.39 is 17.4 Å². The van der Waals surface area contributed by atoms with Crippen molar-refractivity contribution in [2.24, 2.45) is 5.41 Å². The van der Waals surface area contributed by atoms with Gasteiger partial charge in [0.15, 0.2) is 6.04 Å². The third-order valence-electron chi connectivity index (χ3n) is 4.15. The fourth-order valence-electron chi connectivity index (χ4n) is 2.62. The first-order valence-electron chi connectivity index (χ1n) is 8.74. The van der Waals surface area contributed by atoms with Crippen LogP contribution in [0.3, 0.4) is 0 Å². The Morgan fingerprint density at radius 3 is 2.65 bits per heavy atom. The fourth-order valence-corrected chi connectivity index (χ4v) is 2.62. The van der Waals surface area contributed by atoms with Crippen LogP contribution in [0, 0.1) is 5.41 Å². The topological polar surface area (TPSA) is 105 Å². The molecule has 0 saturated heterocycles. The minimum Gasteiger partial charge on any atom is -0.493 e. The van der Waals surface area contributed by atoms with E-state index >= 15 is 0 Å². The van der Waals surface area contributed by atoms with Crippen LogP contribution in [0.2, 0.25) is 0 Å². The second kappa shape index (κ2) is 8.21. The van der Waals surface area contributed by atoms with Crippen molar-refractivity contribution in [2.75, 3.05) is 13.2 Å². The molecular formula is C19H26N2O5. The average Bonchev–Trinajstić information content (AvgIpc) is 3.02. The Hall–Kier alpha value is -2.57. The number of carboxylic acids is 1. The lowest BCUT2D eigenvalue weighted by atomic mass is 9.96. The first-order chi connectivity index (χ1) is 12.2. The standard InChI is InChI=1S/C19H26N2O5/c1-19(2,3)18(25)20-9-4-5-15(22)21-16(17(23)24)13-6-7-14-12(11-13)8-10-26-14/h6-7,11,16H,4-5,8-10H2,1-3H3,(H,20,25)(H,21,22)(H,23,24). The number of rotatable bonds is 7. The number of carbonyl (C=O) groups excluding carboxylic acids is 2. The summed E-state index contributed by atoms with van der Waals surface area (Å²) < 4.78 is 5.41. The number of carbonyl (C=O) groups is 3. The zero-order chi connectivity index (χ0) is 19.3. The Bertz CT molecular complexity index is 694. The summed E-state index contributed by atoms with van der Waals surface area (Å²) >= 11 is 0. The van der Waals surface area contributed by atoms with Gasteiger partial charge in [-0.2, -0.15) is 0 Å². The minimum absolute atomic E-state index is 0.0818. The lowest BCUT2D eigenvalue weighted by Gasteiger charge is -2.18. The molecule has 0 radical (unpaired) electrons. The van der Waals surface area contributed by atoms with Gasteiger partial charge in [-0.05, 0) is 29.7 Å². The van der Waals surface area contributed by atoms with E-state index in [1.165, 1.54) is 0 Å². The van der Waals surface area contributed by atoms with Crippen LogP contribution >= 0.6 is 0 Å². The molecule has 1 aliphatic heterocycles. The highest BCUT2D eigenvalue weighted by Crippen LogP contribution is 2.28. The first kappa shape index (κ1) is 19.8. The lowest BCUT2D eigenvalue weighted by Crippen LogP contribution is -2.36. The Labute approximate surface area is 153 Å². The summed E-state index contributed by atoms with van der Waals surface area (Å²) in [5.41, 5.74) is 0.998. The van der Waals surface area contributed by atoms with Gasteiger partial charge in [0.1, 0.15) is 5.75 Å². The van der Waals surface area contributed by atoms with Crippen molar-refractivity contribution < 1.29 is 24.2 Å². The molecule has 7 nitrogen and oxygen atoms in total. The lowest BCUT2D eigenvalue weighted by molar-refractivity contribution is -0.142. The second-order valence-corrected chi connectivity index (χ2v) is 7.41. The normalized spacial score (nSPS) is 14.1. The van der Waals surface area contributed by atoms with Crippen LogP contribution in [0.25, 0.3) is 0 Å². The molecule has 0 aliphatic carbocycles. The SMILES string of the molecule is CC(C)(C)C(=O)NCCCC(=O)NC(C(=O)O)c1ccc2c(c1)CCO2. The van der Waals surface area contributed by atoms with E-state index in [9.17, 15) is 19.5 Å². The summed E-state index contributed by atoms with van der Waals surface area (Å²) in [7, 11) is 0. The van der Waals surface area contributed by atoms with Crippen molar-refractivity contribution in [3.8, 4) is 5.75 Å². The summed E-state index contributed by atoms with van der Waals surface area (Å²) in [6.45, 7) is 6.40. The number of aliphatic carboxylic acids is 1. The Morgan fingerprint density at radius 1 is 1.27 bits per heavy atom. The third-order valence-corrected chi connectivity index (χ3v) is 4.15. The van der Waals surface area contributed by atoms with Crippen LogP contribution < -0.4 is 15.4 Å². The molecule has 7 heteroatoms. The van der Waals surface area contributed by atoms with Gasteiger partial charge >= 0.3 is 5.97 Å². The number of hydrogen-bond donors (Lipinski definition) is 3. The molecule has 2 rings (SSSR count). The molecular weight excluding hydrogens is 336 g/mol. The zero-order valence-corrected chi connectivity index (χ0v) is 15.4. The van der Waals surface area contributed by atoms with Gasteiger partial charge in [-0.25, -0.2) is 4.79 Å². The molecule has 0 spiro atoms. The molecule has 26 heavy (non-hydrogen) atoms. The van der Waals surface area contributed by atoms with Gasteiger partial charge in [-0.15, -0.1) is 0 Å². The Kier molecular flexibility index (Phi) is 6.23. The van der Waals surface area contributed by atoms with Crippen LogP contribution in [0.4, 0.5) is 0 Å². The molecule has 0 saturated carbocycles. The molecule has 1 aromatic rings. The largest absolute Gasteiger partial charge is 0.493 e. The predicted molar refractivity (Wildman–Crippen MR) is 95.9 cm³/mol. The van der Waals surface area contributed by atoms with E-state index in [1.54, 1.807) is 18.2 Å². The highest BCUT2D eigenvalue weighted by molar-refractivity contribution is 5.85. The van der Waals surface area contributed by atoms with E-state index in [1.807, 2.05) is 20.8 Å². The number of carboxylic acid groups (broad SMARTS) is 1. The minimum atomic E-state index is -1.11. The molecule has 1 heterocycles. The van der Waals surface area contributed by atoms with Gasteiger partial charge in [0.2, 0.25) is 11.8 Å². The third kappa shape index (κ3) is 5.21. The Balaban J connectivity index is 1.87. The maximum atomic E-state index is 12.1. The van der Waals surface area contributed by atoms with Crippen molar-refractivity contribution in [3.05, 3.63) is 29.3 Å². The van der Waals surface area contributed by atoms with Gasteiger partial charge in [0, 0.05) is 24.8 Å². The number of hydrogen-bond acceptors (Lipinski definition) is 4. The fraction of sp³-hybridized carbons (Fsp3) is 0.526. The maximum Gasteiger partial charge on any atom is 0.330 e. The Morgan fingerprint density at radius 2 is 2.00 bits per heavy atom. The highest BCUT2D eigenvalue weighted by atomic mass is 16.5. The number of amides is 2. The highest BCUT2D eigenvalue weighted by Gasteiger charge is 2.24. The summed E-state index contributed by atoms with van der Waals surface area (Å²) in [6.07, 6.45) is 1.32. The van der Waals surface area contributed by atoms with E-state index in [4.69, 9.17) is 4.74 Å². The molecule has 0 fully saturated rings. The summed E-state index contributed by atoms with van der Waals surface area (Å²) in [5.74, 6) is -0.794. The molecule has 1 aromatic carbocycles. The molecule has 1 unspecified atom stereocenters. The maximum absolute atomic E-state index is 12.1. The second-order valence-electron chi connectivity index (χ2n) is 7.41. The van der Waals surface area contributed by atoms with Gasteiger partial charge in [0.25, 0.3) is 0 Å². The number of fused-ring (bicyclic) bond motifs is 1. The van der Waals surface area contributed by atoms with Gasteiger partial charge in [0.05, 0.1) is 6.61 Å². The molecule has 3 N–H and O–H groups in total. The van der Waals surface area contributed by atoms with Crippen LogP contribution in [-0.4, -0.2) is 36.0 Å². The van der Waals surface area contributed by atoms with Crippen molar-refractivity contribution in [1.82, 2.24) is 10.6 Å². The van der Waals surface area contributed by atoms with Crippen molar-refractivity contribution in [1.29, 1.82) is 0 Å². The number of nitrogens with one attached hydrogen (secondary N) is 2. The van der Waals surface area contributed by atoms with E-state index in [0.717, 1.165) is 17.7 Å². The molecule has 0 bridgehead atoms. The van der Waals surface area contributed by atoms with Gasteiger partial charge < -0.3 is 20.5 Å². The smallest absolute Gasteiger partial charge is 0.330 e. The molecule has 2 amide bonds. The summed E-state index contributed by atoms with van der Waals surface area (Å²) in [4.78, 5) is 35.4. The first-order valence-corrected chi connectivity index (χ1v) is 8.74. The van der Waals surface area contributed by atoms with Crippen LogP contribution in [0.5, 0.6) is 5.75 Å². The zero-order valence-electron chi connectivity index (χ0n) is 15.4. The summed E-state index contributed by atoms with van der Waals surface area (Å²) in [5, 5.41) is 14.8. The monoisotopic (exact) mass is 362 g/mol. The molecule has 1 aliphatic rings. The van der Waals surface area contributed by atoms with Crippen LogP contribution in [-0.2, 0) is 20.8 Å². The van der Waals surface area contributed by atoms with Crippen molar-refractivity contribution in [3.63, 3.8) is 0 Å². The number of ether oxygens (including phenoxy) is 1.